The Hall–Kier alpha value is -2.18. The van der Waals surface area contributed by atoms with Gasteiger partial charge in [0.25, 0.3) is 5.78 Å². The van der Waals surface area contributed by atoms with Gasteiger partial charge in [0, 0.05) is 11.1 Å². The predicted molar refractivity (Wildman–Crippen MR) is 50.1 cm³/mol. The van der Waals surface area contributed by atoms with Gasteiger partial charge in [-0.1, -0.05) is 29.4 Å². The van der Waals surface area contributed by atoms with Crippen LogP contribution in [-0.2, 0) is 0 Å². The molecule has 0 spiro atoms. The number of nitrogens with zero attached hydrogens (tertiary/aromatic N) is 2. The minimum atomic E-state index is -4.87. The van der Waals surface area contributed by atoms with Crippen molar-refractivity contribution >= 4 is 5.78 Å². The largest absolute Gasteiger partial charge is 0.454 e. The maximum atomic E-state index is 12.1. The first-order valence-electron chi connectivity index (χ1n) is 4.47. The van der Waals surface area contributed by atoms with Crippen LogP contribution in [0.15, 0.2) is 35.2 Å². The molecule has 0 saturated carbocycles. The van der Waals surface area contributed by atoms with Crippen molar-refractivity contribution in [1.29, 1.82) is 0 Å². The summed E-state index contributed by atoms with van der Waals surface area (Å²) in [7, 11) is 0. The van der Waals surface area contributed by atoms with Gasteiger partial charge in [0.05, 0.1) is 0 Å². The van der Waals surface area contributed by atoms with Crippen molar-refractivity contribution in [1.82, 2.24) is 10.1 Å². The van der Waals surface area contributed by atoms with Crippen molar-refractivity contribution < 1.29 is 22.5 Å². The summed E-state index contributed by atoms with van der Waals surface area (Å²) < 4.78 is 40.9. The van der Waals surface area contributed by atoms with Crippen LogP contribution in [0.3, 0.4) is 0 Å². The lowest BCUT2D eigenvalue weighted by Gasteiger charge is -2.04. The summed E-state index contributed by atoms with van der Waals surface area (Å²) in [5, 5.41) is 3.52. The summed E-state index contributed by atoms with van der Waals surface area (Å²) >= 11 is 0. The van der Waals surface area contributed by atoms with E-state index in [0.717, 1.165) is 18.5 Å². The number of carbonyl (C=O) groups is 1. The van der Waals surface area contributed by atoms with Crippen molar-refractivity contribution in [3.05, 3.63) is 36.2 Å². The number of benzene rings is 1. The number of ketones is 1. The number of hydrogen-bond acceptors (Lipinski definition) is 4. The molecule has 0 radical (unpaired) electrons. The molecule has 0 bridgehead atoms. The molecule has 4 nitrogen and oxygen atoms in total. The number of Topliss-reactive ketones (excluding diaryl/α,β-unsaturated/α-hetero) is 1. The average Bonchev–Trinajstić information content (AvgIpc) is 2.80. The number of alkyl halides is 3. The summed E-state index contributed by atoms with van der Waals surface area (Å²) in [6.07, 6.45) is -3.77. The van der Waals surface area contributed by atoms with Crippen LogP contribution < -0.4 is 0 Å². The highest BCUT2D eigenvalue weighted by Crippen LogP contribution is 2.23. The molecule has 0 saturated heterocycles. The maximum absolute atomic E-state index is 12.1. The van der Waals surface area contributed by atoms with Crippen molar-refractivity contribution in [3.8, 4) is 11.4 Å². The molecule has 17 heavy (non-hydrogen) atoms. The van der Waals surface area contributed by atoms with Crippen LogP contribution in [0.1, 0.15) is 10.4 Å². The number of aromatic nitrogens is 2. The molecular formula is C10H5F3N2O2. The lowest BCUT2D eigenvalue weighted by Crippen LogP contribution is -2.22. The Balaban J connectivity index is 2.28. The van der Waals surface area contributed by atoms with Crippen LogP contribution in [0.2, 0.25) is 0 Å². The molecule has 2 aromatic rings. The van der Waals surface area contributed by atoms with E-state index in [1.54, 1.807) is 0 Å². The molecule has 0 unspecified atom stereocenters. The second kappa shape index (κ2) is 4.00. The second-order valence-corrected chi connectivity index (χ2v) is 3.16. The number of carbonyl (C=O) groups excluding carboxylic acids is 1. The monoisotopic (exact) mass is 242 g/mol. The highest BCUT2D eigenvalue weighted by atomic mass is 19.4. The zero-order valence-corrected chi connectivity index (χ0v) is 8.23. The first kappa shape index (κ1) is 11.3. The number of hydrogen-bond donors (Lipinski definition) is 0. The molecule has 7 heteroatoms. The maximum Gasteiger partial charge on any atom is 0.454 e. The van der Waals surface area contributed by atoms with Gasteiger partial charge in [0.2, 0.25) is 12.2 Å². The standard InChI is InChI=1S/C10H5F3N2O2/c11-10(12,13)8(16)6-1-3-7(4-2-6)9-14-5-17-15-9/h1-5H. The van der Waals surface area contributed by atoms with E-state index in [1.807, 2.05) is 0 Å². The van der Waals surface area contributed by atoms with Gasteiger partial charge in [-0.05, 0) is 0 Å². The van der Waals surface area contributed by atoms with E-state index < -0.39 is 17.5 Å². The fourth-order valence-corrected chi connectivity index (χ4v) is 1.23. The predicted octanol–water partition coefficient (Wildman–Crippen LogP) is 2.48. The summed E-state index contributed by atoms with van der Waals surface area (Å²) in [5.74, 6) is -1.63. The molecule has 1 aromatic heterocycles. The Labute approximate surface area is 93.1 Å². The molecule has 0 atom stereocenters. The van der Waals surface area contributed by atoms with Crippen molar-refractivity contribution in [2.24, 2.45) is 0 Å². The summed E-state index contributed by atoms with van der Waals surface area (Å²) in [6, 6.07) is 4.79. The molecule has 1 heterocycles. The summed E-state index contributed by atoms with van der Waals surface area (Å²) in [5.41, 5.74) is 0.0437. The van der Waals surface area contributed by atoms with E-state index in [4.69, 9.17) is 0 Å². The molecule has 0 aliphatic rings. The Morgan fingerprint density at radius 2 is 1.82 bits per heavy atom. The van der Waals surface area contributed by atoms with Gasteiger partial charge in [0.15, 0.2) is 0 Å². The van der Waals surface area contributed by atoms with Gasteiger partial charge in [-0.3, -0.25) is 4.79 Å². The first-order valence-corrected chi connectivity index (χ1v) is 4.47. The Kier molecular flexibility index (Phi) is 2.66. The van der Waals surface area contributed by atoms with Crippen molar-refractivity contribution in [2.45, 2.75) is 6.18 Å². The average molecular weight is 242 g/mol. The number of rotatable bonds is 2. The third-order valence-electron chi connectivity index (χ3n) is 2.02. The molecule has 0 aliphatic heterocycles. The highest BCUT2D eigenvalue weighted by molar-refractivity contribution is 6.00. The van der Waals surface area contributed by atoms with Crippen LogP contribution in [0, 0.1) is 0 Å². The molecule has 0 fully saturated rings. The molecule has 0 amide bonds. The topological polar surface area (TPSA) is 56.0 Å². The quantitative estimate of drug-likeness (QED) is 0.759. The smallest absolute Gasteiger partial charge is 0.342 e. The zero-order valence-electron chi connectivity index (χ0n) is 8.23. The minimum absolute atomic E-state index is 0.246. The summed E-state index contributed by atoms with van der Waals surface area (Å²) in [6.45, 7) is 0. The van der Waals surface area contributed by atoms with Crippen molar-refractivity contribution in [3.63, 3.8) is 0 Å². The Morgan fingerprint density at radius 3 is 2.29 bits per heavy atom. The van der Waals surface area contributed by atoms with Crippen LogP contribution in [0.5, 0.6) is 0 Å². The summed E-state index contributed by atoms with van der Waals surface area (Å²) in [4.78, 5) is 14.6. The van der Waals surface area contributed by atoms with E-state index in [-0.39, 0.29) is 5.82 Å². The van der Waals surface area contributed by atoms with E-state index in [2.05, 4.69) is 14.7 Å². The van der Waals surface area contributed by atoms with Gasteiger partial charge in [-0.25, -0.2) is 0 Å². The molecule has 2 rings (SSSR count). The van der Waals surface area contributed by atoms with Crippen LogP contribution in [-0.4, -0.2) is 22.1 Å². The molecular weight excluding hydrogens is 237 g/mol. The van der Waals surface area contributed by atoms with Crippen LogP contribution >= 0.6 is 0 Å². The van der Waals surface area contributed by atoms with Gasteiger partial charge < -0.3 is 4.52 Å². The number of halogens is 3. The fraction of sp³-hybridized carbons (Fsp3) is 0.100. The molecule has 88 valence electrons. The first-order chi connectivity index (χ1) is 7.98. The molecule has 0 aliphatic carbocycles. The zero-order chi connectivity index (χ0) is 12.5. The highest BCUT2D eigenvalue weighted by Gasteiger charge is 2.39. The lowest BCUT2D eigenvalue weighted by atomic mass is 10.1. The Morgan fingerprint density at radius 1 is 1.18 bits per heavy atom. The van der Waals surface area contributed by atoms with Crippen LogP contribution in [0.25, 0.3) is 11.4 Å². The second-order valence-electron chi connectivity index (χ2n) is 3.16. The third kappa shape index (κ3) is 2.32. The van der Waals surface area contributed by atoms with E-state index >= 15 is 0 Å². The van der Waals surface area contributed by atoms with Gasteiger partial charge in [-0.2, -0.15) is 18.2 Å². The SMILES string of the molecule is O=C(c1ccc(-c2ncon2)cc1)C(F)(F)F. The van der Waals surface area contributed by atoms with E-state index in [1.165, 1.54) is 12.1 Å². The molecule has 1 aromatic carbocycles. The lowest BCUT2D eigenvalue weighted by molar-refractivity contribution is -0.0885. The normalized spacial score (nSPS) is 11.5. The van der Waals surface area contributed by atoms with Crippen LogP contribution in [0.4, 0.5) is 13.2 Å². The minimum Gasteiger partial charge on any atom is -0.342 e. The Bertz CT molecular complexity index is 517. The van der Waals surface area contributed by atoms with E-state index in [0.29, 0.717) is 5.56 Å². The van der Waals surface area contributed by atoms with Gasteiger partial charge in [-0.15, -0.1) is 0 Å². The van der Waals surface area contributed by atoms with E-state index in [9.17, 15) is 18.0 Å². The fourth-order valence-electron chi connectivity index (χ4n) is 1.23. The third-order valence-corrected chi connectivity index (χ3v) is 2.02. The van der Waals surface area contributed by atoms with Gasteiger partial charge in [0.1, 0.15) is 0 Å². The molecule has 0 N–H and O–H groups in total. The van der Waals surface area contributed by atoms with Gasteiger partial charge >= 0.3 is 6.18 Å². The van der Waals surface area contributed by atoms with Crippen molar-refractivity contribution in [2.75, 3.05) is 0 Å².